The van der Waals surface area contributed by atoms with Gasteiger partial charge in [-0.1, -0.05) is 17.7 Å². The van der Waals surface area contributed by atoms with Crippen molar-refractivity contribution < 1.29 is 28.6 Å². The fraction of sp³-hybridized carbons (Fsp3) is 0.500. The predicted octanol–water partition coefficient (Wildman–Crippen LogP) is 3.33. The molecule has 6 nitrogen and oxygen atoms in total. The van der Waals surface area contributed by atoms with Gasteiger partial charge in [0.15, 0.2) is 5.78 Å². The molecule has 0 aromatic rings. The third-order valence-electron chi connectivity index (χ3n) is 5.28. The van der Waals surface area contributed by atoms with Crippen molar-refractivity contribution in [3.63, 3.8) is 0 Å². The van der Waals surface area contributed by atoms with Gasteiger partial charge in [0, 0.05) is 24.8 Å². The van der Waals surface area contributed by atoms with E-state index in [1.165, 1.54) is 6.92 Å². The quantitative estimate of drug-likeness (QED) is 0.535. The van der Waals surface area contributed by atoms with Crippen LogP contribution < -0.4 is 0 Å². The molecule has 3 aliphatic heterocycles. The molecule has 0 fully saturated rings. The first-order valence-electron chi connectivity index (χ1n) is 9.46. The molecule has 28 heavy (non-hydrogen) atoms. The molecule has 0 spiro atoms. The average Bonchev–Trinajstić information content (AvgIpc) is 2.89. The fourth-order valence-electron chi connectivity index (χ4n) is 4.04. The summed E-state index contributed by atoms with van der Waals surface area (Å²) >= 11 is 0. The standard InChI is InChI=1S/C22H26O6/c1-12(2)18-7-6-16-9-17(26-21(16)25)8-13(3)10-22(27-15(5)23)11-14(4)19(24)20(18)28-22/h9-11,17-18,20H,1,6-8H2,2-5H3/b13-10-/t17-,18+,20-,22?/m0/s1. The van der Waals surface area contributed by atoms with E-state index in [-0.39, 0.29) is 23.8 Å². The number of ether oxygens (including phenoxy) is 3. The summed E-state index contributed by atoms with van der Waals surface area (Å²) in [5.74, 6) is -2.81. The Morgan fingerprint density at radius 3 is 2.61 bits per heavy atom. The Morgan fingerprint density at radius 1 is 1.25 bits per heavy atom. The molecule has 3 rings (SSSR count). The summed E-state index contributed by atoms with van der Waals surface area (Å²) < 4.78 is 17.1. The Bertz CT molecular complexity index is 830. The van der Waals surface area contributed by atoms with Crippen molar-refractivity contribution >= 4 is 17.7 Å². The van der Waals surface area contributed by atoms with Gasteiger partial charge in [-0.25, -0.2) is 4.79 Å². The Balaban J connectivity index is 2.12. The SMILES string of the molecule is C=C(C)[C@H]1CCC2=C[C@H](C/C(C)=C\C3(OC(C)=O)C=C(C)C(=O)[C@H]1O3)OC2=O. The minimum Gasteiger partial charge on any atom is -0.454 e. The van der Waals surface area contributed by atoms with Gasteiger partial charge in [-0.3, -0.25) is 9.59 Å². The first kappa shape index (κ1) is 20.3. The van der Waals surface area contributed by atoms with Gasteiger partial charge >= 0.3 is 11.9 Å². The van der Waals surface area contributed by atoms with Gasteiger partial charge in [-0.15, -0.1) is 0 Å². The summed E-state index contributed by atoms with van der Waals surface area (Å²) in [5.41, 5.74) is 2.68. The van der Waals surface area contributed by atoms with Crippen LogP contribution in [0.2, 0.25) is 0 Å². The molecule has 0 saturated heterocycles. The zero-order valence-corrected chi connectivity index (χ0v) is 16.7. The minimum absolute atomic E-state index is 0.167. The van der Waals surface area contributed by atoms with E-state index in [0.717, 1.165) is 11.1 Å². The molecule has 6 heteroatoms. The van der Waals surface area contributed by atoms with Gasteiger partial charge in [0.25, 0.3) is 5.79 Å². The molecule has 0 aromatic carbocycles. The lowest BCUT2D eigenvalue weighted by Gasteiger charge is -2.39. The first-order valence-corrected chi connectivity index (χ1v) is 9.46. The van der Waals surface area contributed by atoms with Crippen LogP contribution in [0.5, 0.6) is 0 Å². The normalized spacial score (nSPS) is 34.7. The minimum atomic E-state index is -1.47. The molecule has 0 aromatic heterocycles. The second-order valence-electron chi connectivity index (χ2n) is 7.87. The summed E-state index contributed by atoms with van der Waals surface area (Å²) in [6.07, 6.45) is 5.29. The Morgan fingerprint density at radius 2 is 1.96 bits per heavy atom. The number of carbonyl (C=O) groups is 3. The highest BCUT2D eigenvalue weighted by Gasteiger charge is 2.45. The number of carbonyl (C=O) groups excluding carboxylic acids is 3. The number of hydrogen-bond donors (Lipinski definition) is 0. The van der Waals surface area contributed by atoms with Crippen molar-refractivity contribution in [1.29, 1.82) is 0 Å². The number of hydrogen-bond acceptors (Lipinski definition) is 6. The van der Waals surface area contributed by atoms with Gasteiger partial charge in [-0.05, 0) is 57.4 Å². The number of esters is 2. The van der Waals surface area contributed by atoms with Crippen LogP contribution in [0.4, 0.5) is 0 Å². The third kappa shape index (κ3) is 4.02. The number of fused-ring (bicyclic) bond motifs is 3. The highest BCUT2D eigenvalue weighted by molar-refractivity contribution is 6.00. The third-order valence-corrected chi connectivity index (χ3v) is 5.28. The number of rotatable bonds is 2. The molecule has 3 aliphatic rings. The van der Waals surface area contributed by atoms with Crippen LogP contribution in [0, 0.1) is 5.92 Å². The van der Waals surface area contributed by atoms with E-state index in [1.54, 1.807) is 19.1 Å². The Hall–Kier alpha value is -2.47. The second kappa shape index (κ2) is 7.51. The van der Waals surface area contributed by atoms with E-state index in [0.29, 0.717) is 30.4 Å². The molecule has 0 amide bonds. The van der Waals surface area contributed by atoms with Crippen LogP contribution in [-0.4, -0.2) is 35.7 Å². The fourth-order valence-corrected chi connectivity index (χ4v) is 4.04. The Labute approximate surface area is 164 Å². The number of ketones is 1. The largest absolute Gasteiger partial charge is 0.454 e. The molecule has 0 aliphatic carbocycles. The van der Waals surface area contributed by atoms with E-state index in [2.05, 4.69) is 6.58 Å². The van der Waals surface area contributed by atoms with Crippen LogP contribution in [0.1, 0.15) is 47.0 Å². The van der Waals surface area contributed by atoms with Gasteiger partial charge in [0.1, 0.15) is 12.2 Å². The van der Waals surface area contributed by atoms with Crippen molar-refractivity contribution in [3.8, 4) is 0 Å². The molecule has 0 saturated carbocycles. The van der Waals surface area contributed by atoms with Crippen LogP contribution in [-0.2, 0) is 28.6 Å². The summed E-state index contributed by atoms with van der Waals surface area (Å²) in [6, 6.07) is 0. The topological polar surface area (TPSA) is 78.9 Å². The maximum atomic E-state index is 12.9. The first-order chi connectivity index (χ1) is 13.1. The van der Waals surface area contributed by atoms with Crippen molar-refractivity contribution in [2.45, 2.75) is 65.0 Å². The maximum absolute atomic E-state index is 12.9. The predicted molar refractivity (Wildman–Crippen MR) is 102 cm³/mol. The summed E-state index contributed by atoms with van der Waals surface area (Å²) in [7, 11) is 0. The van der Waals surface area contributed by atoms with Crippen molar-refractivity contribution in [3.05, 3.63) is 47.1 Å². The van der Waals surface area contributed by atoms with Gasteiger partial charge in [-0.2, -0.15) is 0 Å². The lowest BCUT2D eigenvalue weighted by atomic mass is 9.83. The maximum Gasteiger partial charge on any atom is 0.334 e. The van der Waals surface area contributed by atoms with Crippen LogP contribution in [0.3, 0.4) is 0 Å². The monoisotopic (exact) mass is 386 g/mol. The van der Waals surface area contributed by atoms with Crippen molar-refractivity contribution in [1.82, 2.24) is 0 Å². The van der Waals surface area contributed by atoms with Gasteiger partial charge in [0.2, 0.25) is 0 Å². The molecule has 4 atom stereocenters. The molecule has 150 valence electrons. The van der Waals surface area contributed by atoms with Crippen LogP contribution >= 0.6 is 0 Å². The van der Waals surface area contributed by atoms with Gasteiger partial charge in [0.05, 0.1) is 0 Å². The number of Topliss-reactive ketones (excluding diaryl/α,β-unsaturated/α-hetero) is 1. The van der Waals surface area contributed by atoms with Crippen molar-refractivity contribution in [2.75, 3.05) is 0 Å². The molecule has 4 bridgehead atoms. The summed E-state index contributed by atoms with van der Waals surface area (Å²) in [5, 5.41) is 0. The zero-order valence-electron chi connectivity index (χ0n) is 16.7. The molecule has 0 radical (unpaired) electrons. The summed E-state index contributed by atoms with van der Waals surface area (Å²) in [4.78, 5) is 36.9. The molecule has 3 heterocycles. The summed E-state index contributed by atoms with van der Waals surface area (Å²) in [6.45, 7) is 10.7. The molecule has 1 unspecified atom stereocenters. The zero-order chi connectivity index (χ0) is 20.6. The lowest BCUT2D eigenvalue weighted by Crippen LogP contribution is -2.48. The van der Waals surface area contributed by atoms with E-state index in [1.807, 2.05) is 19.9 Å². The smallest absolute Gasteiger partial charge is 0.334 e. The van der Waals surface area contributed by atoms with Crippen LogP contribution in [0.15, 0.2) is 47.1 Å². The Kier molecular flexibility index (Phi) is 5.44. The van der Waals surface area contributed by atoms with Crippen LogP contribution in [0.25, 0.3) is 0 Å². The molecular weight excluding hydrogens is 360 g/mol. The molecule has 0 N–H and O–H groups in total. The second-order valence-corrected chi connectivity index (χ2v) is 7.87. The van der Waals surface area contributed by atoms with E-state index >= 15 is 0 Å². The van der Waals surface area contributed by atoms with Crippen molar-refractivity contribution in [2.24, 2.45) is 5.92 Å². The van der Waals surface area contributed by atoms with E-state index in [4.69, 9.17) is 14.2 Å². The van der Waals surface area contributed by atoms with Gasteiger partial charge < -0.3 is 14.2 Å². The lowest BCUT2D eigenvalue weighted by molar-refractivity contribution is -0.212. The van der Waals surface area contributed by atoms with E-state index < -0.39 is 17.9 Å². The average molecular weight is 386 g/mol. The highest BCUT2D eigenvalue weighted by atomic mass is 16.7. The molecular formula is C22H26O6. The van der Waals surface area contributed by atoms with E-state index in [9.17, 15) is 14.4 Å². The highest BCUT2D eigenvalue weighted by Crippen LogP contribution is 2.38.